The van der Waals surface area contributed by atoms with Crippen LogP contribution in [-0.2, 0) is 33.3 Å². The molecule has 2 aliphatic carbocycles. The lowest BCUT2D eigenvalue weighted by molar-refractivity contribution is -0.338. The van der Waals surface area contributed by atoms with Crippen LogP contribution in [0.3, 0.4) is 0 Å². The Bertz CT molecular complexity index is 1040. The zero-order valence-corrected chi connectivity index (χ0v) is 28.7. The van der Waals surface area contributed by atoms with Crippen LogP contribution < -0.4 is 5.32 Å². The van der Waals surface area contributed by atoms with Gasteiger partial charge < -0.3 is 54.3 Å². The van der Waals surface area contributed by atoms with E-state index in [0.29, 0.717) is 25.7 Å². The standard InChI is InChI=1S/C33H56F2N2O11/c1-16-10-9-13-20(28(16)48-32-23(30(34)35)27(42)25(40)17(2)44-32)46-33-24(36-18(3)39)29(26(41)22(15-38)47-33)45-21(31(43)37(4)5)14-19-11-7-6-8-12-19/h16-17,19-30,32-33,38,40-42H,6-15H2,1-5H3,(H,36,39)/t16?,17?,20?,21-,22?,23?,24?,25?,26?,27?,28?,29?,32?,33?/m0/s1. The number of nitrogens with zero attached hydrogens (tertiary/aromatic N) is 1. The molecule has 0 aromatic carbocycles. The van der Waals surface area contributed by atoms with Crippen LogP contribution in [0.5, 0.6) is 0 Å². The molecule has 4 aliphatic rings. The van der Waals surface area contributed by atoms with Crippen molar-refractivity contribution in [3.63, 3.8) is 0 Å². The third-order valence-corrected chi connectivity index (χ3v) is 10.4. The Morgan fingerprint density at radius 2 is 1.58 bits per heavy atom. The van der Waals surface area contributed by atoms with E-state index in [1.807, 2.05) is 6.92 Å². The lowest BCUT2D eigenvalue weighted by Crippen LogP contribution is -2.67. The predicted molar refractivity (Wildman–Crippen MR) is 167 cm³/mol. The molecule has 13 unspecified atom stereocenters. The molecular formula is C33H56F2N2O11. The first-order valence-corrected chi connectivity index (χ1v) is 17.4. The molecule has 13 nitrogen and oxygen atoms in total. The highest BCUT2D eigenvalue weighted by Gasteiger charge is 2.52. The summed E-state index contributed by atoms with van der Waals surface area (Å²) in [6.45, 7) is 4.00. The van der Waals surface area contributed by atoms with Gasteiger partial charge in [-0.15, -0.1) is 0 Å². The summed E-state index contributed by atoms with van der Waals surface area (Å²) >= 11 is 0. The number of ether oxygens (including phenoxy) is 5. The number of hydrogen-bond donors (Lipinski definition) is 5. The minimum Gasteiger partial charge on any atom is -0.394 e. The van der Waals surface area contributed by atoms with Gasteiger partial charge in [0.25, 0.3) is 5.91 Å². The highest BCUT2D eigenvalue weighted by Crippen LogP contribution is 2.38. The number of likely N-dealkylation sites (N-methyl/N-ethyl adjacent to an activating group) is 1. The van der Waals surface area contributed by atoms with Crippen molar-refractivity contribution in [3.05, 3.63) is 0 Å². The Kier molecular flexibility index (Phi) is 14.4. The molecule has 5 N–H and O–H groups in total. The Morgan fingerprint density at radius 3 is 2.19 bits per heavy atom. The van der Waals surface area contributed by atoms with Crippen molar-refractivity contribution in [1.82, 2.24) is 10.2 Å². The van der Waals surface area contributed by atoms with E-state index < -0.39 is 98.4 Å². The SMILES string of the molecule is CC(=O)NC1C(OC2CCCC(C)C2OC2OC(C)C(O)C(O)C2C(F)F)OC(CO)C(O)C1O[C@@H](CC1CCCCC1)C(=O)N(C)C. The van der Waals surface area contributed by atoms with Gasteiger partial charge in [-0.05, 0) is 38.0 Å². The fourth-order valence-corrected chi connectivity index (χ4v) is 7.62. The van der Waals surface area contributed by atoms with Gasteiger partial charge in [0, 0.05) is 21.0 Å². The van der Waals surface area contributed by atoms with Gasteiger partial charge in [-0.3, -0.25) is 9.59 Å². The lowest BCUT2D eigenvalue weighted by atomic mass is 9.84. The molecule has 2 saturated carbocycles. The van der Waals surface area contributed by atoms with Gasteiger partial charge >= 0.3 is 0 Å². The predicted octanol–water partition coefficient (Wildman–Crippen LogP) is 1.32. The largest absolute Gasteiger partial charge is 0.394 e. The Balaban J connectivity index is 1.60. The molecule has 2 amide bonds. The molecule has 4 fully saturated rings. The molecule has 2 heterocycles. The number of carbonyl (C=O) groups excluding carboxylic acids is 2. The Labute approximate surface area is 281 Å². The molecule has 0 spiro atoms. The number of hydrogen-bond acceptors (Lipinski definition) is 11. The zero-order chi connectivity index (χ0) is 35.3. The highest BCUT2D eigenvalue weighted by molar-refractivity contribution is 5.80. The summed E-state index contributed by atoms with van der Waals surface area (Å²) in [5, 5.41) is 45.0. The van der Waals surface area contributed by atoms with Gasteiger partial charge in [-0.2, -0.15) is 0 Å². The topological polar surface area (TPSA) is 176 Å². The Hall–Kier alpha value is -1.56. The average Bonchev–Trinajstić information content (AvgIpc) is 3.03. The second-order valence-electron chi connectivity index (χ2n) is 14.3. The molecule has 4 rings (SSSR count). The zero-order valence-electron chi connectivity index (χ0n) is 28.7. The average molecular weight is 695 g/mol. The van der Waals surface area contributed by atoms with Crippen molar-refractivity contribution in [2.45, 2.75) is 159 Å². The Morgan fingerprint density at radius 1 is 0.896 bits per heavy atom. The van der Waals surface area contributed by atoms with Crippen molar-refractivity contribution >= 4 is 11.8 Å². The molecular weight excluding hydrogens is 638 g/mol. The van der Waals surface area contributed by atoms with Crippen molar-refractivity contribution in [2.75, 3.05) is 20.7 Å². The summed E-state index contributed by atoms with van der Waals surface area (Å²) in [5.41, 5.74) is 0. The minimum atomic E-state index is -3.05. The van der Waals surface area contributed by atoms with Crippen LogP contribution in [0.15, 0.2) is 0 Å². The normalized spacial score (nSPS) is 40.4. The van der Waals surface area contributed by atoms with Gasteiger partial charge in [0.2, 0.25) is 12.3 Å². The first-order valence-electron chi connectivity index (χ1n) is 17.4. The molecule has 278 valence electrons. The fourth-order valence-electron chi connectivity index (χ4n) is 7.62. The number of alkyl halides is 2. The molecule has 48 heavy (non-hydrogen) atoms. The van der Waals surface area contributed by atoms with E-state index >= 15 is 0 Å². The maximum atomic E-state index is 14.1. The monoisotopic (exact) mass is 694 g/mol. The third-order valence-electron chi connectivity index (χ3n) is 10.4. The summed E-state index contributed by atoms with van der Waals surface area (Å²) in [4.78, 5) is 27.3. The molecule has 0 aromatic rings. The van der Waals surface area contributed by atoms with Crippen LogP contribution in [0.25, 0.3) is 0 Å². The van der Waals surface area contributed by atoms with Crippen LogP contribution in [0.4, 0.5) is 8.78 Å². The molecule has 0 radical (unpaired) electrons. The molecule has 2 aliphatic heterocycles. The van der Waals surface area contributed by atoms with Crippen LogP contribution in [-0.4, -0.2) is 138 Å². The van der Waals surface area contributed by atoms with Crippen LogP contribution in [0.1, 0.15) is 78.6 Å². The fraction of sp³-hybridized carbons (Fsp3) is 0.939. The van der Waals surface area contributed by atoms with Crippen LogP contribution >= 0.6 is 0 Å². The van der Waals surface area contributed by atoms with Crippen molar-refractivity contribution < 1.29 is 62.5 Å². The minimum absolute atomic E-state index is 0.211. The number of aliphatic hydroxyl groups excluding tert-OH is 4. The van der Waals surface area contributed by atoms with Crippen molar-refractivity contribution in [3.8, 4) is 0 Å². The van der Waals surface area contributed by atoms with Gasteiger partial charge in [0.05, 0.1) is 36.9 Å². The second-order valence-corrected chi connectivity index (χ2v) is 14.3. The van der Waals surface area contributed by atoms with E-state index in [9.17, 15) is 38.8 Å². The lowest BCUT2D eigenvalue weighted by Gasteiger charge is -2.48. The molecule has 15 heteroatoms. The van der Waals surface area contributed by atoms with Crippen molar-refractivity contribution in [1.29, 1.82) is 0 Å². The molecule has 0 aromatic heterocycles. The molecule has 2 saturated heterocycles. The maximum Gasteiger partial charge on any atom is 0.251 e. The number of amides is 2. The first-order chi connectivity index (χ1) is 22.7. The number of aliphatic hydroxyl groups is 4. The van der Waals surface area contributed by atoms with Crippen LogP contribution in [0, 0.1) is 17.8 Å². The van der Waals surface area contributed by atoms with E-state index in [-0.39, 0.29) is 17.7 Å². The first kappa shape index (κ1) is 39.2. The van der Waals surface area contributed by atoms with E-state index in [0.717, 1.165) is 32.1 Å². The van der Waals surface area contributed by atoms with Gasteiger partial charge in [0.15, 0.2) is 12.6 Å². The number of carbonyl (C=O) groups is 2. The number of rotatable bonds is 12. The third kappa shape index (κ3) is 9.40. The number of nitrogens with one attached hydrogen (secondary N) is 1. The van der Waals surface area contributed by atoms with Crippen molar-refractivity contribution in [2.24, 2.45) is 17.8 Å². The van der Waals surface area contributed by atoms with E-state index in [4.69, 9.17) is 23.7 Å². The summed E-state index contributed by atoms with van der Waals surface area (Å²) < 4.78 is 59.0. The van der Waals surface area contributed by atoms with Gasteiger partial charge in [-0.25, -0.2) is 8.78 Å². The molecule has 0 bridgehead atoms. The van der Waals surface area contributed by atoms with E-state index in [1.165, 1.54) is 18.7 Å². The molecule has 14 atom stereocenters. The summed E-state index contributed by atoms with van der Waals surface area (Å²) in [7, 11) is 3.24. The summed E-state index contributed by atoms with van der Waals surface area (Å²) in [6, 6.07) is -1.13. The highest BCUT2D eigenvalue weighted by atomic mass is 19.3. The van der Waals surface area contributed by atoms with Crippen LogP contribution in [0.2, 0.25) is 0 Å². The number of halogens is 2. The quantitative estimate of drug-likeness (QED) is 0.199. The van der Waals surface area contributed by atoms with Gasteiger partial charge in [-0.1, -0.05) is 45.4 Å². The van der Waals surface area contributed by atoms with E-state index in [2.05, 4.69) is 5.32 Å². The maximum absolute atomic E-state index is 14.1. The summed E-state index contributed by atoms with van der Waals surface area (Å²) in [5.74, 6) is -2.56. The smallest absolute Gasteiger partial charge is 0.251 e. The second kappa shape index (κ2) is 17.6. The summed E-state index contributed by atoms with van der Waals surface area (Å²) in [6.07, 6.45) is -9.23. The van der Waals surface area contributed by atoms with E-state index in [1.54, 1.807) is 14.1 Å². The van der Waals surface area contributed by atoms with Gasteiger partial charge in [0.1, 0.15) is 36.6 Å².